The summed E-state index contributed by atoms with van der Waals surface area (Å²) in [5.41, 5.74) is 4.08. The summed E-state index contributed by atoms with van der Waals surface area (Å²) in [4.78, 5) is 18.0. The molecule has 0 fully saturated rings. The lowest BCUT2D eigenvalue weighted by atomic mass is 10.1. The first-order valence-corrected chi connectivity index (χ1v) is 8.21. The van der Waals surface area contributed by atoms with Gasteiger partial charge in [-0.15, -0.1) is 0 Å². The highest BCUT2D eigenvalue weighted by molar-refractivity contribution is 7.15. The van der Waals surface area contributed by atoms with Crippen LogP contribution in [0.25, 0.3) is 22.1 Å². The summed E-state index contributed by atoms with van der Waals surface area (Å²) in [6, 6.07) is 8.29. The maximum atomic E-state index is 12.8. The molecule has 0 radical (unpaired) electrons. The van der Waals surface area contributed by atoms with Gasteiger partial charge in [0.25, 0.3) is 5.56 Å². The lowest BCUT2D eigenvalue weighted by Crippen LogP contribution is -2.22. The van der Waals surface area contributed by atoms with Crippen molar-refractivity contribution in [2.45, 2.75) is 13.8 Å². The first-order valence-electron chi connectivity index (χ1n) is 7.40. The fraction of sp³-hybridized carbons (Fsp3) is 0.111. The van der Waals surface area contributed by atoms with Crippen molar-refractivity contribution in [3.05, 3.63) is 61.9 Å². The molecule has 0 saturated carbocycles. The minimum atomic E-state index is -0.157. The number of nitrogens with zero attached hydrogens (tertiary/aromatic N) is 2. The van der Waals surface area contributed by atoms with Gasteiger partial charge in [0.2, 0.25) is 0 Å². The lowest BCUT2D eigenvalue weighted by molar-refractivity contribution is 0.450. The molecular formula is C18H14N2O3S. The summed E-state index contributed by atoms with van der Waals surface area (Å²) < 4.78 is 2.10. The summed E-state index contributed by atoms with van der Waals surface area (Å²) in [6.45, 7) is 3.97. The van der Waals surface area contributed by atoms with Crippen LogP contribution in [-0.2, 0) is 0 Å². The van der Waals surface area contributed by atoms with E-state index in [1.165, 1.54) is 23.5 Å². The molecule has 0 unspecified atom stereocenters. The van der Waals surface area contributed by atoms with Gasteiger partial charge in [-0.1, -0.05) is 17.4 Å². The van der Waals surface area contributed by atoms with Crippen molar-refractivity contribution < 1.29 is 10.2 Å². The second kappa shape index (κ2) is 5.07. The van der Waals surface area contributed by atoms with Gasteiger partial charge in [0, 0.05) is 11.6 Å². The van der Waals surface area contributed by atoms with E-state index in [4.69, 9.17) is 0 Å². The number of rotatable bonds is 1. The molecule has 2 N–H and O–H groups in total. The molecular weight excluding hydrogens is 324 g/mol. The molecule has 24 heavy (non-hydrogen) atoms. The van der Waals surface area contributed by atoms with Crippen LogP contribution in [0.4, 0.5) is 0 Å². The first-order chi connectivity index (χ1) is 11.4. The van der Waals surface area contributed by atoms with E-state index in [0.717, 1.165) is 22.2 Å². The summed E-state index contributed by atoms with van der Waals surface area (Å²) >= 11 is 1.28. The number of hydrogen-bond donors (Lipinski definition) is 2. The Kier molecular flexibility index (Phi) is 3.11. The third-order valence-corrected chi connectivity index (χ3v) is 4.95. The summed E-state index contributed by atoms with van der Waals surface area (Å²) in [6.07, 6.45) is 1.62. The van der Waals surface area contributed by atoms with Crippen LogP contribution in [0.15, 0.2) is 35.1 Å². The monoisotopic (exact) mass is 338 g/mol. The zero-order valence-electron chi connectivity index (χ0n) is 13.1. The first kappa shape index (κ1) is 14.7. The molecule has 120 valence electrons. The number of phenols is 2. The van der Waals surface area contributed by atoms with Crippen molar-refractivity contribution in [3.63, 3.8) is 0 Å². The molecule has 2 aromatic carbocycles. The summed E-state index contributed by atoms with van der Waals surface area (Å²) in [5, 5.41) is 19.3. The Bertz CT molecular complexity index is 1220. The van der Waals surface area contributed by atoms with Gasteiger partial charge < -0.3 is 10.2 Å². The average Bonchev–Trinajstić information content (AvgIpc) is 3.00. The second-order valence-electron chi connectivity index (χ2n) is 5.84. The summed E-state index contributed by atoms with van der Waals surface area (Å²) in [5.74, 6) is -0.0955. The molecule has 0 aliphatic heterocycles. The standard InChI is InChI=1S/C18H14N2O3S/c1-9-5-10(2)16-13(6-9)20-17(23)15(24-18(20)19-16)7-11-3-4-12(21)8-14(11)22/h3-8,21-22H,1-2H3/b15-7-. The van der Waals surface area contributed by atoms with Crippen LogP contribution < -0.4 is 10.1 Å². The normalized spacial score (nSPS) is 12.5. The average molecular weight is 338 g/mol. The van der Waals surface area contributed by atoms with Gasteiger partial charge in [-0.3, -0.25) is 4.79 Å². The van der Waals surface area contributed by atoms with Gasteiger partial charge in [-0.05, 0) is 49.2 Å². The summed E-state index contributed by atoms with van der Waals surface area (Å²) in [7, 11) is 0. The van der Waals surface area contributed by atoms with Crippen molar-refractivity contribution in [1.29, 1.82) is 0 Å². The minimum absolute atomic E-state index is 0.0232. The molecule has 4 rings (SSSR count). The number of hydrogen-bond acceptors (Lipinski definition) is 5. The third kappa shape index (κ3) is 2.15. The predicted octanol–water partition coefficient (Wildman–Crippen LogP) is 2.48. The van der Waals surface area contributed by atoms with E-state index < -0.39 is 0 Å². The molecule has 4 aromatic rings. The number of phenolic OH excluding ortho intramolecular Hbond substituents is 2. The lowest BCUT2D eigenvalue weighted by Gasteiger charge is -1.98. The Morgan fingerprint density at radius 1 is 1.17 bits per heavy atom. The smallest absolute Gasteiger partial charge is 0.274 e. The highest BCUT2D eigenvalue weighted by Crippen LogP contribution is 2.24. The molecule has 0 amide bonds. The Balaban J connectivity index is 2.03. The quantitative estimate of drug-likeness (QED) is 0.559. The molecule has 0 aliphatic rings. The molecule has 6 heteroatoms. The fourth-order valence-corrected chi connectivity index (χ4v) is 3.88. The van der Waals surface area contributed by atoms with E-state index in [-0.39, 0.29) is 17.1 Å². The topological polar surface area (TPSA) is 74.8 Å². The van der Waals surface area contributed by atoms with E-state index >= 15 is 0 Å². The number of benzene rings is 2. The molecule has 0 atom stereocenters. The largest absolute Gasteiger partial charge is 0.508 e. The maximum Gasteiger partial charge on any atom is 0.274 e. The van der Waals surface area contributed by atoms with Crippen molar-refractivity contribution in [1.82, 2.24) is 9.38 Å². The van der Waals surface area contributed by atoms with Crippen molar-refractivity contribution in [2.75, 3.05) is 0 Å². The minimum Gasteiger partial charge on any atom is -0.508 e. The van der Waals surface area contributed by atoms with Crippen LogP contribution in [0.3, 0.4) is 0 Å². The second-order valence-corrected chi connectivity index (χ2v) is 6.85. The number of thiazole rings is 1. The molecule has 0 aliphatic carbocycles. The van der Waals surface area contributed by atoms with Gasteiger partial charge in [-0.25, -0.2) is 9.38 Å². The number of aromatic nitrogens is 2. The van der Waals surface area contributed by atoms with E-state index in [2.05, 4.69) is 4.98 Å². The molecule has 0 spiro atoms. The van der Waals surface area contributed by atoms with E-state index in [1.54, 1.807) is 16.5 Å². The highest BCUT2D eigenvalue weighted by atomic mass is 32.1. The van der Waals surface area contributed by atoms with E-state index in [9.17, 15) is 15.0 Å². The Morgan fingerprint density at radius 2 is 1.96 bits per heavy atom. The highest BCUT2D eigenvalue weighted by Gasteiger charge is 2.13. The van der Waals surface area contributed by atoms with Gasteiger partial charge in [0.05, 0.1) is 15.6 Å². The van der Waals surface area contributed by atoms with Crippen molar-refractivity contribution in [2.24, 2.45) is 0 Å². The van der Waals surface area contributed by atoms with Gasteiger partial charge >= 0.3 is 0 Å². The third-order valence-electron chi connectivity index (χ3n) is 3.98. The van der Waals surface area contributed by atoms with Crippen LogP contribution in [0.5, 0.6) is 11.5 Å². The van der Waals surface area contributed by atoms with Crippen molar-refractivity contribution >= 4 is 33.4 Å². The van der Waals surface area contributed by atoms with Crippen LogP contribution in [-0.4, -0.2) is 19.6 Å². The fourth-order valence-electron chi connectivity index (χ4n) is 2.91. The van der Waals surface area contributed by atoms with E-state index in [0.29, 0.717) is 15.1 Å². The van der Waals surface area contributed by atoms with Crippen LogP contribution in [0.2, 0.25) is 0 Å². The van der Waals surface area contributed by atoms with E-state index in [1.807, 2.05) is 26.0 Å². The molecule has 2 heterocycles. The molecule has 2 aromatic heterocycles. The zero-order chi connectivity index (χ0) is 17.0. The van der Waals surface area contributed by atoms with Gasteiger partial charge in [0.15, 0.2) is 4.96 Å². The van der Waals surface area contributed by atoms with Gasteiger partial charge in [-0.2, -0.15) is 0 Å². The van der Waals surface area contributed by atoms with Crippen LogP contribution >= 0.6 is 11.3 Å². The molecule has 0 bridgehead atoms. The van der Waals surface area contributed by atoms with Gasteiger partial charge in [0.1, 0.15) is 11.5 Å². The molecule has 0 saturated heterocycles. The van der Waals surface area contributed by atoms with Crippen molar-refractivity contribution in [3.8, 4) is 11.5 Å². The SMILES string of the molecule is Cc1cc(C)c2nc3s/c(=C\c4ccc(O)cc4O)c(=O)n3c2c1. The Hall–Kier alpha value is -2.86. The maximum absolute atomic E-state index is 12.8. The predicted molar refractivity (Wildman–Crippen MR) is 94.9 cm³/mol. The number of fused-ring (bicyclic) bond motifs is 3. The number of aromatic hydroxyl groups is 2. The number of imidazole rings is 1. The Labute approximate surface area is 140 Å². The van der Waals surface area contributed by atoms with Crippen LogP contribution in [0, 0.1) is 13.8 Å². The molecule has 5 nitrogen and oxygen atoms in total. The Morgan fingerprint density at radius 3 is 2.71 bits per heavy atom. The zero-order valence-corrected chi connectivity index (χ0v) is 13.9. The van der Waals surface area contributed by atoms with Crippen LogP contribution in [0.1, 0.15) is 16.7 Å². The number of aryl methyl sites for hydroxylation is 2.